The molecule has 0 aliphatic rings. The molecular formula is C20H16ClN3O5S. The zero-order chi connectivity index (χ0) is 21.9. The van der Waals surface area contributed by atoms with E-state index in [4.69, 9.17) is 11.6 Å². The van der Waals surface area contributed by atoms with Gasteiger partial charge < -0.3 is 5.32 Å². The van der Waals surface area contributed by atoms with E-state index in [1.807, 2.05) is 0 Å². The zero-order valence-electron chi connectivity index (χ0n) is 15.7. The van der Waals surface area contributed by atoms with Gasteiger partial charge in [-0.1, -0.05) is 23.7 Å². The lowest BCUT2D eigenvalue weighted by molar-refractivity contribution is -0.384. The minimum atomic E-state index is -3.86. The molecule has 10 heteroatoms. The number of hydrogen-bond acceptors (Lipinski definition) is 5. The predicted molar refractivity (Wildman–Crippen MR) is 115 cm³/mol. The summed E-state index contributed by atoms with van der Waals surface area (Å²) in [6, 6.07) is 17.3. The molecule has 0 fully saturated rings. The SMILES string of the molecule is CN(c1cccc(C(=O)Nc2cccc([N+](=O)[O-])c2)c1)S(=O)(=O)c1ccc(Cl)cc1. The number of nitrogens with zero attached hydrogens (tertiary/aromatic N) is 2. The van der Waals surface area contributed by atoms with Gasteiger partial charge >= 0.3 is 0 Å². The summed E-state index contributed by atoms with van der Waals surface area (Å²) >= 11 is 5.82. The number of hydrogen-bond donors (Lipinski definition) is 1. The molecule has 0 aromatic heterocycles. The summed E-state index contributed by atoms with van der Waals surface area (Å²) in [5.74, 6) is -0.533. The van der Waals surface area contributed by atoms with E-state index in [1.165, 1.54) is 67.7 Å². The molecule has 0 bridgehead atoms. The molecule has 3 aromatic carbocycles. The first-order valence-corrected chi connectivity index (χ1v) is 10.4. The molecule has 1 amide bonds. The third kappa shape index (κ3) is 4.58. The Bertz CT molecular complexity index is 1210. The smallest absolute Gasteiger partial charge is 0.271 e. The van der Waals surface area contributed by atoms with E-state index in [2.05, 4.69) is 5.32 Å². The number of nitro benzene ring substituents is 1. The minimum Gasteiger partial charge on any atom is -0.322 e. The predicted octanol–water partition coefficient (Wildman–Crippen LogP) is 4.33. The van der Waals surface area contributed by atoms with Crippen molar-refractivity contribution in [1.29, 1.82) is 0 Å². The first kappa shape index (κ1) is 21.3. The fraction of sp³-hybridized carbons (Fsp3) is 0.0500. The lowest BCUT2D eigenvalue weighted by Crippen LogP contribution is -2.26. The van der Waals surface area contributed by atoms with Gasteiger partial charge in [0.05, 0.1) is 15.5 Å². The molecule has 0 atom stereocenters. The van der Waals surface area contributed by atoms with Crippen molar-refractivity contribution in [3.05, 3.63) is 93.5 Å². The lowest BCUT2D eigenvalue weighted by Gasteiger charge is -2.20. The third-order valence-electron chi connectivity index (χ3n) is 4.26. The van der Waals surface area contributed by atoms with Crippen molar-refractivity contribution in [2.45, 2.75) is 4.90 Å². The molecule has 3 rings (SSSR count). The van der Waals surface area contributed by atoms with Crippen LogP contribution in [0.2, 0.25) is 5.02 Å². The number of anilines is 2. The van der Waals surface area contributed by atoms with Crippen molar-refractivity contribution >= 4 is 44.6 Å². The van der Waals surface area contributed by atoms with E-state index in [9.17, 15) is 23.3 Å². The normalized spacial score (nSPS) is 11.0. The monoisotopic (exact) mass is 445 g/mol. The van der Waals surface area contributed by atoms with Gasteiger partial charge in [0, 0.05) is 35.5 Å². The Labute approximate surface area is 177 Å². The zero-order valence-corrected chi connectivity index (χ0v) is 17.2. The fourth-order valence-corrected chi connectivity index (χ4v) is 3.96. The molecule has 0 aliphatic heterocycles. The summed E-state index contributed by atoms with van der Waals surface area (Å²) < 4.78 is 26.7. The number of amides is 1. The largest absolute Gasteiger partial charge is 0.322 e. The topological polar surface area (TPSA) is 110 Å². The van der Waals surface area contributed by atoms with Crippen molar-refractivity contribution in [3.63, 3.8) is 0 Å². The van der Waals surface area contributed by atoms with Crippen LogP contribution in [0, 0.1) is 10.1 Å². The van der Waals surface area contributed by atoms with E-state index in [0.717, 1.165) is 4.31 Å². The van der Waals surface area contributed by atoms with Gasteiger partial charge in [-0.15, -0.1) is 0 Å². The molecule has 30 heavy (non-hydrogen) atoms. The van der Waals surface area contributed by atoms with Crippen molar-refractivity contribution < 1.29 is 18.1 Å². The average molecular weight is 446 g/mol. The van der Waals surface area contributed by atoms with Crippen LogP contribution in [0.3, 0.4) is 0 Å². The molecule has 154 valence electrons. The first-order chi connectivity index (χ1) is 14.2. The summed E-state index contributed by atoms with van der Waals surface area (Å²) in [6.07, 6.45) is 0. The number of rotatable bonds is 6. The highest BCUT2D eigenvalue weighted by Gasteiger charge is 2.22. The Balaban J connectivity index is 1.85. The van der Waals surface area contributed by atoms with Crippen LogP contribution in [-0.2, 0) is 10.0 Å². The maximum atomic E-state index is 12.8. The molecule has 0 aliphatic carbocycles. The Morgan fingerprint density at radius 2 is 1.70 bits per heavy atom. The number of carbonyl (C=O) groups is 1. The molecule has 0 spiro atoms. The highest BCUT2D eigenvalue weighted by atomic mass is 35.5. The number of sulfonamides is 1. The Morgan fingerprint density at radius 3 is 2.37 bits per heavy atom. The van der Waals surface area contributed by atoms with E-state index >= 15 is 0 Å². The Kier molecular flexibility index (Phi) is 6.04. The summed E-state index contributed by atoms with van der Waals surface area (Å²) in [6.45, 7) is 0. The summed E-state index contributed by atoms with van der Waals surface area (Å²) in [4.78, 5) is 22.9. The summed E-state index contributed by atoms with van der Waals surface area (Å²) in [5, 5.41) is 13.9. The van der Waals surface area contributed by atoms with Crippen LogP contribution < -0.4 is 9.62 Å². The first-order valence-electron chi connectivity index (χ1n) is 8.59. The van der Waals surface area contributed by atoms with Crippen LogP contribution >= 0.6 is 11.6 Å². The van der Waals surface area contributed by atoms with E-state index < -0.39 is 20.9 Å². The van der Waals surface area contributed by atoms with Gasteiger partial charge in [0.1, 0.15) is 0 Å². The number of benzene rings is 3. The molecular weight excluding hydrogens is 430 g/mol. The molecule has 0 unspecified atom stereocenters. The molecule has 8 nitrogen and oxygen atoms in total. The number of nitrogens with one attached hydrogen (secondary N) is 1. The fourth-order valence-electron chi connectivity index (χ4n) is 2.65. The van der Waals surface area contributed by atoms with Crippen LogP contribution in [-0.4, -0.2) is 26.3 Å². The average Bonchev–Trinajstić information content (AvgIpc) is 2.73. The summed E-state index contributed by atoms with van der Waals surface area (Å²) in [5.41, 5.74) is 0.561. The highest BCUT2D eigenvalue weighted by Crippen LogP contribution is 2.25. The number of carbonyl (C=O) groups excluding carboxylic acids is 1. The molecule has 1 N–H and O–H groups in total. The molecule has 0 saturated carbocycles. The molecule has 0 saturated heterocycles. The van der Waals surface area contributed by atoms with Crippen LogP contribution in [0.25, 0.3) is 0 Å². The quantitative estimate of drug-likeness (QED) is 0.448. The second-order valence-electron chi connectivity index (χ2n) is 6.24. The number of non-ortho nitro benzene ring substituents is 1. The lowest BCUT2D eigenvalue weighted by atomic mass is 10.2. The Hall–Kier alpha value is -3.43. The van der Waals surface area contributed by atoms with Gasteiger partial charge in [-0.2, -0.15) is 0 Å². The maximum absolute atomic E-state index is 12.8. The van der Waals surface area contributed by atoms with Crippen LogP contribution in [0.4, 0.5) is 17.1 Å². The van der Waals surface area contributed by atoms with Gasteiger partial charge in [0.15, 0.2) is 0 Å². The minimum absolute atomic E-state index is 0.0563. The van der Waals surface area contributed by atoms with Crippen molar-refractivity contribution in [2.75, 3.05) is 16.7 Å². The molecule has 3 aromatic rings. The summed E-state index contributed by atoms with van der Waals surface area (Å²) in [7, 11) is -2.48. The van der Waals surface area contributed by atoms with Gasteiger partial charge in [-0.3, -0.25) is 19.2 Å². The second-order valence-corrected chi connectivity index (χ2v) is 8.64. The number of halogens is 1. The van der Waals surface area contributed by atoms with Gasteiger partial charge in [0.2, 0.25) is 0 Å². The molecule has 0 heterocycles. The van der Waals surface area contributed by atoms with Crippen LogP contribution in [0.1, 0.15) is 10.4 Å². The van der Waals surface area contributed by atoms with Crippen molar-refractivity contribution in [2.24, 2.45) is 0 Å². The standard InChI is InChI=1S/C20H16ClN3O5S/c1-23(30(28,29)19-10-8-15(21)9-11-19)17-6-2-4-14(12-17)20(25)22-16-5-3-7-18(13-16)24(26)27/h2-13H,1H3,(H,22,25). The van der Waals surface area contributed by atoms with Crippen molar-refractivity contribution in [1.82, 2.24) is 0 Å². The van der Waals surface area contributed by atoms with Gasteiger partial charge in [0.25, 0.3) is 21.6 Å². The van der Waals surface area contributed by atoms with E-state index in [-0.39, 0.29) is 27.5 Å². The van der Waals surface area contributed by atoms with Gasteiger partial charge in [-0.05, 0) is 48.5 Å². The van der Waals surface area contributed by atoms with Crippen LogP contribution in [0.15, 0.2) is 77.7 Å². The van der Waals surface area contributed by atoms with E-state index in [0.29, 0.717) is 5.02 Å². The highest BCUT2D eigenvalue weighted by molar-refractivity contribution is 7.92. The molecule has 0 radical (unpaired) electrons. The second kappa shape index (κ2) is 8.52. The van der Waals surface area contributed by atoms with Gasteiger partial charge in [-0.25, -0.2) is 8.42 Å². The Morgan fingerprint density at radius 1 is 1.03 bits per heavy atom. The number of nitro groups is 1. The van der Waals surface area contributed by atoms with Crippen LogP contribution in [0.5, 0.6) is 0 Å². The van der Waals surface area contributed by atoms with E-state index in [1.54, 1.807) is 12.1 Å². The maximum Gasteiger partial charge on any atom is 0.271 e. The third-order valence-corrected chi connectivity index (χ3v) is 6.31. The van der Waals surface area contributed by atoms with Crippen molar-refractivity contribution in [3.8, 4) is 0 Å².